The topological polar surface area (TPSA) is 69.7 Å². The van der Waals surface area contributed by atoms with Crippen molar-refractivity contribution in [1.82, 2.24) is 4.98 Å². The van der Waals surface area contributed by atoms with Crippen LogP contribution in [0.25, 0.3) is 0 Å². The molecule has 0 bridgehead atoms. The third-order valence-electron chi connectivity index (χ3n) is 2.31. The molecule has 2 aromatic rings. The molecule has 0 spiro atoms. The van der Waals surface area contributed by atoms with Crippen LogP contribution in [0.3, 0.4) is 0 Å². The fourth-order valence-electron chi connectivity index (χ4n) is 1.45. The molecule has 1 heterocycles. The number of aromatic nitrogens is 1. The van der Waals surface area contributed by atoms with E-state index in [4.69, 9.17) is 15.3 Å². The molecule has 86 valence electrons. The maximum absolute atomic E-state index is 8.77. The lowest BCUT2D eigenvalue weighted by Gasteiger charge is -2.06. The summed E-state index contributed by atoms with van der Waals surface area (Å²) in [7, 11) is 0. The minimum absolute atomic E-state index is 0.339. The van der Waals surface area contributed by atoms with E-state index >= 15 is 0 Å². The number of ether oxygens (including phenoxy) is 1. The largest absolute Gasteiger partial charge is 0.489 e. The monoisotopic (exact) mass is 235 g/mol. The molecular weight excluding hydrogens is 226 g/mol. The van der Waals surface area contributed by atoms with Crippen molar-refractivity contribution >= 4 is 0 Å². The van der Waals surface area contributed by atoms with Crippen molar-refractivity contribution in [2.24, 2.45) is 0 Å². The first-order valence-electron chi connectivity index (χ1n) is 5.30. The van der Waals surface area contributed by atoms with E-state index in [0.29, 0.717) is 23.6 Å². The molecule has 0 fully saturated rings. The molecule has 1 aromatic heterocycles. The summed E-state index contributed by atoms with van der Waals surface area (Å²) < 4.78 is 5.55. The Balaban J connectivity index is 2.07. The van der Waals surface area contributed by atoms with E-state index in [0.717, 1.165) is 5.56 Å². The van der Waals surface area contributed by atoms with Gasteiger partial charge in [-0.2, -0.15) is 10.5 Å². The predicted molar refractivity (Wildman–Crippen MR) is 64.4 cm³/mol. The van der Waals surface area contributed by atoms with Gasteiger partial charge in [0, 0.05) is 6.20 Å². The third kappa shape index (κ3) is 2.84. The third-order valence-corrected chi connectivity index (χ3v) is 2.31. The molecule has 18 heavy (non-hydrogen) atoms. The van der Waals surface area contributed by atoms with Crippen LogP contribution in [0.1, 0.15) is 16.8 Å². The van der Waals surface area contributed by atoms with Gasteiger partial charge in [0.2, 0.25) is 0 Å². The number of hydrogen-bond donors (Lipinski definition) is 0. The van der Waals surface area contributed by atoms with Gasteiger partial charge in [-0.15, -0.1) is 0 Å². The fourth-order valence-corrected chi connectivity index (χ4v) is 1.45. The highest BCUT2D eigenvalue weighted by molar-refractivity contribution is 5.36. The summed E-state index contributed by atoms with van der Waals surface area (Å²) >= 11 is 0. The number of nitriles is 2. The Morgan fingerprint density at radius 1 is 1.11 bits per heavy atom. The van der Waals surface area contributed by atoms with Crippen LogP contribution < -0.4 is 4.74 Å². The van der Waals surface area contributed by atoms with E-state index in [-0.39, 0.29) is 0 Å². The van der Waals surface area contributed by atoms with E-state index in [1.807, 2.05) is 6.07 Å². The molecule has 0 aliphatic rings. The summed E-state index contributed by atoms with van der Waals surface area (Å²) in [5.41, 5.74) is 1.78. The number of hydrogen-bond acceptors (Lipinski definition) is 4. The van der Waals surface area contributed by atoms with Gasteiger partial charge in [-0.05, 0) is 35.9 Å². The van der Waals surface area contributed by atoms with Crippen molar-refractivity contribution in [2.75, 3.05) is 0 Å². The van der Waals surface area contributed by atoms with Crippen LogP contribution in [0.4, 0.5) is 0 Å². The van der Waals surface area contributed by atoms with Crippen LogP contribution in [0.15, 0.2) is 42.6 Å². The summed E-state index contributed by atoms with van der Waals surface area (Å²) in [6.45, 7) is 0.339. The van der Waals surface area contributed by atoms with Gasteiger partial charge >= 0.3 is 0 Å². The van der Waals surface area contributed by atoms with E-state index in [1.165, 1.54) is 0 Å². The normalized spacial score (nSPS) is 9.22. The molecule has 0 radical (unpaired) electrons. The Bertz CT molecular complexity index is 580. The molecule has 4 nitrogen and oxygen atoms in total. The SMILES string of the molecule is N#Cc1cccc(OCc2ccnc(C#N)c2)c1. The Labute approximate surface area is 105 Å². The number of pyridine rings is 1. The lowest BCUT2D eigenvalue weighted by Crippen LogP contribution is -1.97. The number of nitrogens with zero attached hydrogens (tertiary/aromatic N) is 3. The predicted octanol–water partition coefficient (Wildman–Crippen LogP) is 2.40. The van der Waals surface area contributed by atoms with Gasteiger partial charge in [-0.1, -0.05) is 6.07 Å². The van der Waals surface area contributed by atoms with Crippen molar-refractivity contribution < 1.29 is 4.74 Å². The van der Waals surface area contributed by atoms with E-state index in [2.05, 4.69) is 11.1 Å². The molecule has 1 aromatic carbocycles. The molecule has 0 amide bonds. The summed E-state index contributed by atoms with van der Waals surface area (Å²) in [5.74, 6) is 0.629. The summed E-state index contributed by atoms with van der Waals surface area (Å²) in [6, 6.07) is 14.4. The number of rotatable bonds is 3. The molecule has 0 atom stereocenters. The van der Waals surface area contributed by atoms with Gasteiger partial charge in [0.05, 0.1) is 11.6 Å². The molecule has 2 rings (SSSR count). The van der Waals surface area contributed by atoms with Gasteiger partial charge in [0.1, 0.15) is 24.1 Å². The smallest absolute Gasteiger partial charge is 0.140 e. The molecule has 0 saturated carbocycles. The first-order chi connectivity index (χ1) is 8.81. The van der Waals surface area contributed by atoms with Crippen LogP contribution >= 0.6 is 0 Å². The summed E-state index contributed by atoms with van der Waals surface area (Å²) in [6.07, 6.45) is 1.57. The molecule has 0 N–H and O–H groups in total. The van der Waals surface area contributed by atoms with Crippen LogP contribution in [0, 0.1) is 22.7 Å². The lowest BCUT2D eigenvalue weighted by molar-refractivity contribution is 0.306. The van der Waals surface area contributed by atoms with Crippen LogP contribution in [0.5, 0.6) is 5.75 Å². The van der Waals surface area contributed by atoms with E-state index in [9.17, 15) is 0 Å². The second-order valence-corrected chi connectivity index (χ2v) is 3.59. The Morgan fingerprint density at radius 2 is 2.00 bits per heavy atom. The molecule has 0 unspecified atom stereocenters. The second-order valence-electron chi connectivity index (χ2n) is 3.59. The minimum atomic E-state index is 0.339. The zero-order chi connectivity index (χ0) is 12.8. The lowest BCUT2D eigenvalue weighted by atomic mass is 10.2. The average molecular weight is 235 g/mol. The number of benzene rings is 1. The van der Waals surface area contributed by atoms with Gasteiger partial charge in [-0.3, -0.25) is 0 Å². The fraction of sp³-hybridized carbons (Fsp3) is 0.0714. The highest BCUT2D eigenvalue weighted by atomic mass is 16.5. The molecule has 0 aliphatic carbocycles. The van der Waals surface area contributed by atoms with Crippen molar-refractivity contribution in [1.29, 1.82) is 10.5 Å². The van der Waals surface area contributed by atoms with Gasteiger partial charge in [0.15, 0.2) is 0 Å². The maximum atomic E-state index is 8.77. The van der Waals surface area contributed by atoms with Crippen molar-refractivity contribution in [2.45, 2.75) is 6.61 Å². The van der Waals surface area contributed by atoms with Crippen LogP contribution in [0.2, 0.25) is 0 Å². The highest BCUT2D eigenvalue weighted by Crippen LogP contribution is 2.14. The quantitative estimate of drug-likeness (QED) is 0.819. The minimum Gasteiger partial charge on any atom is -0.489 e. The first-order valence-corrected chi connectivity index (χ1v) is 5.30. The van der Waals surface area contributed by atoms with Gasteiger partial charge in [-0.25, -0.2) is 4.98 Å². The van der Waals surface area contributed by atoms with Gasteiger partial charge in [0.25, 0.3) is 0 Å². The molecular formula is C14H9N3O. The average Bonchev–Trinajstić information content (AvgIpc) is 2.45. The maximum Gasteiger partial charge on any atom is 0.140 e. The Hall–Kier alpha value is -2.85. The Morgan fingerprint density at radius 3 is 2.78 bits per heavy atom. The van der Waals surface area contributed by atoms with Crippen molar-refractivity contribution in [3.05, 3.63) is 59.4 Å². The second kappa shape index (κ2) is 5.47. The molecule has 0 aliphatic heterocycles. The Kier molecular flexibility index (Phi) is 3.53. The van der Waals surface area contributed by atoms with E-state index in [1.54, 1.807) is 42.6 Å². The highest BCUT2D eigenvalue weighted by Gasteiger charge is 1.99. The van der Waals surface area contributed by atoms with E-state index < -0.39 is 0 Å². The molecule has 0 saturated heterocycles. The zero-order valence-corrected chi connectivity index (χ0v) is 9.50. The van der Waals surface area contributed by atoms with Gasteiger partial charge < -0.3 is 4.74 Å². The zero-order valence-electron chi connectivity index (χ0n) is 9.50. The first kappa shape index (κ1) is 11.6. The summed E-state index contributed by atoms with van der Waals surface area (Å²) in [5, 5.41) is 17.5. The standard InChI is InChI=1S/C14H9N3O/c15-8-11-2-1-3-14(7-11)18-10-12-4-5-17-13(6-12)9-16/h1-7H,10H2. The summed E-state index contributed by atoms with van der Waals surface area (Å²) in [4.78, 5) is 3.88. The van der Waals surface area contributed by atoms with Crippen LogP contribution in [-0.4, -0.2) is 4.98 Å². The van der Waals surface area contributed by atoms with Crippen molar-refractivity contribution in [3.8, 4) is 17.9 Å². The van der Waals surface area contributed by atoms with Crippen LogP contribution in [-0.2, 0) is 6.61 Å². The van der Waals surface area contributed by atoms with Crippen molar-refractivity contribution in [3.63, 3.8) is 0 Å². The molecule has 4 heteroatoms.